The van der Waals surface area contributed by atoms with E-state index in [4.69, 9.17) is 5.73 Å². The topological polar surface area (TPSA) is 87.5 Å². The zero-order chi connectivity index (χ0) is 17.3. The Morgan fingerprint density at radius 2 is 1.95 bits per heavy atom. The quantitative estimate of drug-likeness (QED) is 0.541. The predicted octanol–water partition coefficient (Wildman–Crippen LogP) is 0.490. The summed E-state index contributed by atoms with van der Waals surface area (Å²) in [6.45, 7) is 9.09. The van der Waals surface area contributed by atoms with Crippen LogP contribution in [0.1, 0.15) is 34.1 Å². The van der Waals surface area contributed by atoms with Crippen molar-refractivity contribution in [1.82, 2.24) is 15.5 Å². The molecule has 0 saturated heterocycles. The molecule has 0 bridgehead atoms. The Hall–Kier alpha value is -1.40. The maximum atomic E-state index is 12.7. The number of carbonyl (C=O) groups is 2. The van der Waals surface area contributed by atoms with Gasteiger partial charge in [0, 0.05) is 20.1 Å². The number of amides is 2. The van der Waals surface area contributed by atoms with Crippen LogP contribution in [-0.4, -0.2) is 56.5 Å². The molecule has 6 nitrogen and oxygen atoms in total. The van der Waals surface area contributed by atoms with Crippen molar-refractivity contribution in [3.05, 3.63) is 11.6 Å². The van der Waals surface area contributed by atoms with Gasteiger partial charge in [-0.1, -0.05) is 32.4 Å². The summed E-state index contributed by atoms with van der Waals surface area (Å²) in [5.41, 5.74) is 6.26. The van der Waals surface area contributed by atoms with Crippen LogP contribution in [0.25, 0.3) is 0 Å². The van der Waals surface area contributed by atoms with Crippen molar-refractivity contribution in [2.45, 2.75) is 40.2 Å². The van der Waals surface area contributed by atoms with Crippen LogP contribution in [0.4, 0.5) is 0 Å². The van der Waals surface area contributed by atoms with Gasteiger partial charge in [0.05, 0.1) is 6.54 Å². The Balaban J connectivity index is 5.07. The summed E-state index contributed by atoms with van der Waals surface area (Å²) in [4.78, 5) is 26.2. The van der Waals surface area contributed by atoms with Gasteiger partial charge in [-0.05, 0) is 25.8 Å². The lowest BCUT2D eigenvalue weighted by molar-refractivity contribution is -0.138. The van der Waals surface area contributed by atoms with Gasteiger partial charge in [0.2, 0.25) is 11.8 Å². The average Bonchev–Trinajstić information content (AvgIpc) is 2.49. The van der Waals surface area contributed by atoms with E-state index in [0.717, 1.165) is 12.0 Å². The fourth-order valence-electron chi connectivity index (χ4n) is 1.85. The van der Waals surface area contributed by atoms with Gasteiger partial charge in [-0.15, -0.1) is 0 Å². The molecule has 0 aliphatic rings. The van der Waals surface area contributed by atoms with Gasteiger partial charge in [-0.2, -0.15) is 0 Å². The van der Waals surface area contributed by atoms with Gasteiger partial charge in [-0.3, -0.25) is 9.59 Å². The van der Waals surface area contributed by atoms with Gasteiger partial charge in [0.1, 0.15) is 6.04 Å². The lowest BCUT2D eigenvalue weighted by Gasteiger charge is -2.35. The van der Waals surface area contributed by atoms with Gasteiger partial charge < -0.3 is 21.3 Å². The van der Waals surface area contributed by atoms with Gasteiger partial charge in [0.15, 0.2) is 0 Å². The number of nitrogens with two attached hydrogens (primary N) is 1. The van der Waals surface area contributed by atoms with Crippen molar-refractivity contribution >= 4 is 11.8 Å². The van der Waals surface area contributed by atoms with E-state index in [2.05, 4.69) is 10.6 Å². The molecular weight excluding hydrogens is 280 g/mol. The highest BCUT2D eigenvalue weighted by Gasteiger charge is 2.36. The first-order valence-electron chi connectivity index (χ1n) is 7.74. The van der Waals surface area contributed by atoms with E-state index in [1.807, 2.05) is 33.8 Å². The summed E-state index contributed by atoms with van der Waals surface area (Å²) >= 11 is 0. The number of carbonyl (C=O) groups excluding carboxylic acids is 2. The number of nitrogens with zero attached hydrogens (tertiary/aromatic N) is 1. The zero-order valence-electron chi connectivity index (χ0n) is 14.8. The molecule has 0 fully saturated rings. The summed E-state index contributed by atoms with van der Waals surface area (Å²) in [5.74, 6) is -0.262. The highest BCUT2D eigenvalue weighted by molar-refractivity contribution is 5.89. The highest BCUT2D eigenvalue weighted by atomic mass is 16.2. The molecule has 0 rings (SSSR count). The van der Waals surface area contributed by atoms with Crippen LogP contribution >= 0.6 is 0 Å². The molecule has 0 aliphatic heterocycles. The molecular formula is C16H32N4O2. The third-order valence-electron chi connectivity index (χ3n) is 3.99. The number of rotatable bonds is 9. The van der Waals surface area contributed by atoms with E-state index in [9.17, 15) is 9.59 Å². The minimum atomic E-state index is -0.546. The smallest absolute Gasteiger partial charge is 0.245 e. The molecule has 0 aliphatic carbocycles. The van der Waals surface area contributed by atoms with Gasteiger partial charge in [0.25, 0.3) is 0 Å². The molecule has 0 spiro atoms. The van der Waals surface area contributed by atoms with Crippen LogP contribution < -0.4 is 16.4 Å². The summed E-state index contributed by atoms with van der Waals surface area (Å²) < 4.78 is 0. The first-order chi connectivity index (χ1) is 10.2. The Labute approximate surface area is 134 Å². The Morgan fingerprint density at radius 3 is 2.41 bits per heavy atom. The summed E-state index contributed by atoms with van der Waals surface area (Å²) in [6.07, 6.45) is 2.72. The Bertz CT molecular complexity index is 405. The molecule has 0 aromatic heterocycles. The monoisotopic (exact) mass is 312 g/mol. The SMILES string of the molecule is CCC(C)(C)C(NC(=O)CNC)C(=O)N(C)C/C=C(\C)CN. The Morgan fingerprint density at radius 1 is 1.36 bits per heavy atom. The van der Waals surface area contributed by atoms with Crippen molar-refractivity contribution in [1.29, 1.82) is 0 Å². The Kier molecular flexibility index (Phi) is 8.97. The van der Waals surface area contributed by atoms with E-state index in [0.29, 0.717) is 13.1 Å². The van der Waals surface area contributed by atoms with Gasteiger partial charge in [-0.25, -0.2) is 0 Å². The van der Waals surface area contributed by atoms with Gasteiger partial charge >= 0.3 is 0 Å². The van der Waals surface area contributed by atoms with Crippen LogP contribution in [0.15, 0.2) is 11.6 Å². The van der Waals surface area contributed by atoms with Crippen molar-refractivity contribution in [2.24, 2.45) is 11.1 Å². The molecule has 0 heterocycles. The molecule has 0 aromatic carbocycles. The lowest BCUT2D eigenvalue weighted by Crippen LogP contribution is -2.55. The first-order valence-corrected chi connectivity index (χ1v) is 7.74. The molecule has 4 N–H and O–H groups in total. The molecule has 128 valence electrons. The van der Waals surface area contributed by atoms with E-state index in [-0.39, 0.29) is 23.8 Å². The van der Waals surface area contributed by atoms with Crippen molar-refractivity contribution in [2.75, 3.05) is 33.7 Å². The number of hydrogen-bond donors (Lipinski definition) is 3. The standard InChI is InChI=1S/C16H32N4O2/c1-7-16(3,4)14(19-13(21)11-18-5)15(22)20(6)9-8-12(2)10-17/h8,14,18H,7,9-11,17H2,1-6H3,(H,19,21)/b12-8+. The first kappa shape index (κ1) is 20.6. The second kappa shape index (κ2) is 9.58. The summed E-state index contributed by atoms with van der Waals surface area (Å²) in [6, 6.07) is -0.546. The molecule has 2 amide bonds. The number of hydrogen-bond acceptors (Lipinski definition) is 4. The molecule has 1 unspecified atom stereocenters. The largest absolute Gasteiger partial charge is 0.343 e. The van der Waals surface area contributed by atoms with Crippen LogP contribution in [0, 0.1) is 5.41 Å². The van der Waals surface area contributed by atoms with Crippen molar-refractivity contribution in [3.8, 4) is 0 Å². The van der Waals surface area contributed by atoms with E-state index in [1.54, 1.807) is 19.0 Å². The zero-order valence-corrected chi connectivity index (χ0v) is 14.8. The van der Waals surface area contributed by atoms with E-state index >= 15 is 0 Å². The third-order valence-corrected chi connectivity index (χ3v) is 3.99. The molecule has 6 heteroatoms. The minimum absolute atomic E-state index is 0.0858. The summed E-state index contributed by atoms with van der Waals surface area (Å²) in [5, 5.41) is 5.65. The number of likely N-dealkylation sites (N-methyl/N-ethyl adjacent to an activating group) is 2. The molecule has 0 radical (unpaired) electrons. The van der Waals surface area contributed by atoms with Crippen LogP contribution in [-0.2, 0) is 9.59 Å². The van der Waals surface area contributed by atoms with Crippen molar-refractivity contribution in [3.63, 3.8) is 0 Å². The molecule has 0 aromatic rings. The number of nitrogens with one attached hydrogen (secondary N) is 2. The fourth-order valence-corrected chi connectivity index (χ4v) is 1.85. The lowest BCUT2D eigenvalue weighted by atomic mass is 9.81. The van der Waals surface area contributed by atoms with Crippen LogP contribution in [0.3, 0.4) is 0 Å². The van der Waals surface area contributed by atoms with E-state index in [1.165, 1.54) is 0 Å². The minimum Gasteiger partial charge on any atom is -0.343 e. The second-order valence-electron chi connectivity index (χ2n) is 6.35. The molecule has 22 heavy (non-hydrogen) atoms. The summed E-state index contributed by atoms with van der Waals surface area (Å²) in [7, 11) is 3.44. The second-order valence-corrected chi connectivity index (χ2v) is 6.35. The fraction of sp³-hybridized carbons (Fsp3) is 0.750. The maximum Gasteiger partial charge on any atom is 0.245 e. The van der Waals surface area contributed by atoms with Crippen LogP contribution in [0.5, 0.6) is 0 Å². The highest BCUT2D eigenvalue weighted by Crippen LogP contribution is 2.26. The molecule has 0 saturated carbocycles. The van der Waals surface area contributed by atoms with Crippen LogP contribution in [0.2, 0.25) is 0 Å². The normalized spacial score (nSPS) is 13.7. The predicted molar refractivity (Wildman–Crippen MR) is 90.4 cm³/mol. The van der Waals surface area contributed by atoms with E-state index < -0.39 is 6.04 Å². The molecule has 1 atom stereocenters. The maximum absolute atomic E-state index is 12.7. The van der Waals surface area contributed by atoms with Crippen molar-refractivity contribution < 1.29 is 9.59 Å². The average molecular weight is 312 g/mol. The third kappa shape index (κ3) is 6.58.